The summed E-state index contributed by atoms with van der Waals surface area (Å²) in [6.45, 7) is -0.224. The normalized spacial score (nSPS) is 11.4. The molecule has 0 bridgehead atoms. The molecule has 1 aromatic carbocycles. The number of ether oxygens (including phenoxy) is 1. The second-order valence-electron chi connectivity index (χ2n) is 4.48. The zero-order valence-electron chi connectivity index (χ0n) is 12.6. The maximum atomic E-state index is 12.1. The van der Waals surface area contributed by atoms with E-state index in [0.29, 0.717) is 6.42 Å². The third-order valence-corrected chi connectivity index (χ3v) is 4.46. The van der Waals surface area contributed by atoms with Crippen molar-refractivity contribution in [1.82, 2.24) is 10.1 Å². The summed E-state index contributed by atoms with van der Waals surface area (Å²) in [6.07, 6.45) is -0.718. The third-order valence-electron chi connectivity index (χ3n) is 2.66. The molecule has 1 amide bonds. The van der Waals surface area contributed by atoms with Crippen LogP contribution in [0.3, 0.4) is 0 Å². The molecule has 140 valence electrons. The molecule has 0 aromatic heterocycles. The fraction of sp³-hybridized carbons (Fsp3) is 0.333. The molecule has 0 heterocycles. The van der Waals surface area contributed by atoms with Gasteiger partial charge in [0.1, 0.15) is 4.90 Å². The van der Waals surface area contributed by atoms with Crippen LogP contribution in [0.15, 0.2) is 23.1 Å². The summed E-state index contributed by atoms with van der Waals surface area (Å²) in [5.74, 6) is -1.36. The van der Waals surface area contributed by atoms with Crippen LogP contribution in [0.5, 0.6) is 0 Å². The monoisotopic (exact) mass is 398 g/mol. The van der Waals surface area contributed by atoms with E-state index in [4.69, 9.17) is 27.1 Å². The van der Waals surface area contributed by atoms with E-state index in [2.05, 4.69) is 9.57 Å². The lowest BCUT2D eigenvalue weighted by Gasteiger charge is -2.10. The highest BCUT2D eigenvalue weighted by atomic mass is 35.5. The molecular formula is C12H15ClN2O9S. The number of rotatable bonds is 9. The number of hydrogen-bond donors (Lipinski definition) is 4. The summed E-state index contributed by atoms with van der Waals surface area (Å²) in [6, 6.07) is 3.01. The molecule has 0 fully saturated rings. The molecule has 1 aromatic rings. The Hall–Kier alpha value is -1.96. The quantitative estimate of drug-likeness (QED) is 0.351. The van der Waals surface area contributed by atoms with E-state index >= 15 is 0 Å². The Morgan fingerprint density at radius 2 is 1.84 bits per heavy atom. The average Bonchev–Trinajstić information content (AvgIpc) is 2.49. The van der Waals surface area contributed by atoms with Gasteiger partial charge in [0.2, 0.25) is 0 Å². The number of nitrogens with one attached hydrogen (secondary N) is 1. The van der Waals surface area contributed by atoms with Crippen molar-refractivity contribution in [3.05, 3.63) is 28.8 Å². The minimum Gasteiger partial charge on any atom is -0.478 e. The van der Waals surface area contributed by atoms with Crippen molar-refractivity contribution in [3.63, 3.8) is 0 Å². The van der Waals surface area contributed by atoms with Crippen molar-refractivity contribution in [3.8, 4) is 0 Å². The average molecular weight is 399 g/mol. The Kier molecular flexibility index (Phi) is 8.02. The maximum Gasteiger partial charge on any atom is 0.421 e. The predicted octanol–water partition coefficient (Wildman–Crippen LogP) is 1.25. The van der Waals surface area contributed by atoms with Gasteiger partial charge in [-0.05, 0) is 31.0 Å². The highest BCUT2D eigenvalue weighted by Gasteiger charge is 2.23. The number of unbranched alkanes of at least 4 members (excludes halogenated alkanes) is 1. The standard InChI is InChI=1S/C12H15ClN2O9S/c13-9-4-3-8(11(16)17)7-10(9)25(21,22)14-12(18)23-5-1-2-6-24-15(19)20/h3-4,7,19-20H,1-2,5-6H2,(H,14,18)(H,16,17). The molecule has 0 atom stereocenters. The number of halogens is 1. The fourth-order valence-electron chi connectivity index (χ4n) is 1.55. The van der Waals surface area contributed by atoms with E-state index in [9.17, 15) is 18.0 Å². The Morgan fingerprint density at radius 1 is 1.20 bits per heavy atom. The number of hydrogen-bond acceptors (Lipinski definition) is 9. The number of carboxylic acid groups (broad SMARTS) is 1. The minimum absolute atomic E-state index is 0.0616. The van der Waals surface area contributed by atoms with Crippen LogP contribution in [0.25, 0.3) is 0 Å². The molecule has 0 radical (unpaired) electrons. The molecule has 0 unspecified atom stereocenters. The first kappa shape index (κ1) is 21.1. The molecule has 0 spiro atoms. The molecule has 1 rings (SSSR count). The van der Waals surface area contributed by atoms with Crippen molar-refractivity contribution in [1.29, 1.82) is 0 Å². The number of aromatic carboxylic acids is 1. The Morgan fingerprint density at radius 3 is 2.44 bits per heavy atom. The van der Waals surface area contributed by atoms with Crippen molar-refractivity contribution in [2.75, 3.05) is 13.2 Å². The van der Waals surface area contributed by atoms with Gasteiger partial charge in [-0.3, -0.25) is 15.3 Å². The van der Waals surface area contributed by atoms with E-state index in [1.165, 1.54) is 0 Å². The zero-order valence-corrected chi connectivity index (χ0v) is 14.2. The van der Waals surface area contributed by atoms with Gasteiger partial charge in [-0.25, -0.2) is 22.7 Å². The van der Waals surface area contributed by atoms with E-state index in [1.54, 1.807) is 4.72 Å². The van der Waals surface area contributed by atoms with Crippen LogP contribution < -0.4 is 4.72 Å². The van der Waals surface area contributed by atoms with Gasteiger partial charge in [0.15, 0.2) is 0 Å². The van der Waals surface area contributed by atoms with E-state index in [-0.39, 0.29) is 30.2 Å². The predicted molar refractivity (Wildman–Crippen MR) is 80.7 cm³/mol. The molecule has 4 N–H and O–H groups in total. The maximum absolute atomic E-state index is 12.1. The van der Waals surface area contributed by atoms with Crippen LogP contribution >= 0.6 is 11.6 Å². The Bertz CT molecular complexity index is 723. The molecule has 0 saturated carbocycles. The van der Waals surface area contributed by atoms with Crippen molar-refractivity contribution >= 4 is 33.7 Å². The summed E-state index contributed by atoms with van der Waals surface area (Å²) in [4.78, 5) is 26.1. The summed E-state index contributed by atoms with van der Waals surface area (Å²) in [5.41, 5.74) is -0.319. The van der Waals surface area contributed by atoms with E-state index in [1.807, 2.05) is 0 Å². The first-order chi connectivity index (χ1) is 11.6. The van der Waals surface area contributed by atoms with Crippen LogP contribution in [0.2, 0.25) is 5.02 Å². The van der Waals surface area contributed by atoms with Gasteiger partial charge in [-0.1, -0.05) is 11.6 Å². The number of carbonyl (C=O) groups is 2. The van der Waals surface area contributed by atoms with Gasteiger partial charge in [-0.2, -0.15) is 0 Å². The molecular weight excluding hydrogens is 384 g/mol. The van der Waals surface area contributed by atoms with Crippen LogP contribution in [-0.2, 0) is 19.6 Å². The first-order valence-corrected chi connectivity index (χ1v) is 8.53. The van der Waals surface area contributed by atoms with Gasteiger partial charge in [0.25, 0.3) is 10.0 Å². The number of amides is 1. The second-order valence-corrected chi connectivity index (χ2v) is 6.54. The summed E-state index contributed by atoms with van der Waals surface area (Å²) < 4.78 is 30.4. The van der Waals surface area contributed by atoms with Gasteiger partial charge in [0.05, 0.1) is 29.2 Å². The van der Waals surface area contributed by atoms with Crippen molar-refractivity contribution in [2.24, 2.45) is 0 Å². The lowest BCUT2D eigenvalue weighted by molar-refractivity contribution is -0.492. The lowest BCUT2D eigenvalue weighted by Crippen LogP contribution is -2.31. The second kappa shape index (κ2) is 9.50. The molecule has 13 heteroatoms. The number of sulfonamides is 1. The number of carboxylic acids is 1. The smallest absolute Gasteiger partial charge is 0.421 e. The molecule has 11 nitrogen and oxygen atoms in total. The molecule has 0 aliphatic heterocycles. The summed E-state index contributed by atoms with van der Waals surface area (Å²) in [7, 11) is -4.42. The number of benzene rings is 1. The zero-order chi connectivity index (χ0) is 19.0. The summed E-state index contributed by atoms with van der Waals surface area (Å²) >= 11 is 5.73. The molecule has 25 heavy (non-hydrogen) atoms. The van der Waals surface area contributed by atoms with Gasteiger partial charge >= 0.3 is 12.1 Å². The van der Waals surface area contributed by atoms with Gasteiger partial charge < -0.3 is 9.84 Å². The van der Waals surface area contributed by atoms with Gasteiger partial charge in [-0.15, -0.1) is 0 Å². The first-order valence-electron chi connectivity index (χ1n) is 6.66. The lowest BCUT2D eigenvalue weighted by atomic mass is 10.2. The molecule has 0 saturated heterocycles. The highest BCUT2D eigenvalue weighted by molar-refractivity contribution is 7.90. The highest BCUT2D eigenvalue weighted by Crippen LogP contribution is 2.22. The third kappa shape index (κ3) is 7.21. The molecule has 0 aliphatic rings. The number of carbonyl (C=O) groups excluding carboxylic acids is 1. The van der Waals surface area contributed by atoms with Crippen LogP contribution in [-0.4, -0.2) is 54.6 Å². The van der Waals surface area contributed by atoms with Crippen LogP contribution in [0.1, 0.15) is 23.2 Å². The van der Waals surface area contributed by atoms with E-state index in [0.717, 1.165) is 18.2 Å². The van der Waals surface area contributed by atoms with Gasteiger partial charge in [0, 0.05) is 0 Å². The van der Waals surface area contributed by atoms with Crippen molar-refractivity contribution in [2.45, 2.75) is 17.7 Å². The Labute approximate surface area is 147 Å². The van der Waals surface area contributed by atoms with Crippen molar-refractivity contribution < 1.29 is 43.1 Å². The Balaban J connectivity index is 2.59. The SMILES string of the molecule is O=C(NS(=O)(=O)c1cc(C(=O)O)ccc1Cl)OCCCCON(O)O. The van der Waals surface area contributed by atoms with E-state index < -0.39 is 32.4 Å². The largest absolute Gasteiger partial charge is 0.478 e. The minimum atomic E-state index is -4.42. The summed E-state index contributed by atoms with van der Waals surface area (Å²) in [5, 5.41) is 24.7. The van der Waals surface area contributed by atoms with Crippen LogP contribution in [0, 0.1) is 0 Å². The number of nitrogens with zero attached hydrogens (tertiary/aromatic N) is 1. The van der Waals surface area contributed by atoms with Crippen LogP contribution in [0.4, 0.5) is 4.79 Å². The topological polar surface area (TPSA) is 163 Å². The molecule has 0 aliphatic carbocycles. The fourth-order valence-corrected chi connectivity index (χ4v) is 2.97.